The topological polar surface area (TPSA) is 636 Å². The van der Waals surface area contributed by atoms with Gasteiger partial charge in [-0.25, -0.2) is 48.2 Å². The van der Waals surface area contributed by atoms with E-state index in [1.807, 2.05) is 23.1 Å². The Morgan fingerprint density at radius 1 is 0.407 bits per heavy atom. The number of aliphatic carboxylic acids is 4. The van der Waals surface area contributed by atoms with Crippen LogP contribution in [0.4, 0.5) is 21.0 Å². The van der Waals surface area contributed by atoms with Crippen LogP contribution in [0.5, 0.6) is 0 Å². The Balaban J connectivity index is 0.829. The molecular weight excluding hydrogens is 2100 g/mol. The number of hydrogen-bond donors (Lipinski definition) is 15. The van der Waals surface area contributed by atoms with Gasteiger partial charge in [-0.15, -0.1) is 5.10 Å². The number of aromatic nitrogens is 5. The monoisotopic (exact) mass is 2250 g/mol. The molecule has 1 fully saturated rings. The zero-order valence-corrected chi connectivity index (χ0v) is 88.0. The number of hydrogen-bond acceptors (Lipinski definition) is 34. The van der Waals surface area contributed by atoms with E-state index in [1.165, 1.54) is 17.7 Å². The van der Waals surface area contributed by atoms with Crippen LogP contribution in [-0.2, 0) is 135 Å². The summed E-state index contributed by atoms with van der Waals surface area (Å²) in [6.07, 6.45) is 5.91. The molecule has 1 aliphatic rings. The van der Waals surface area contributed by atoms with Crippen LogP contribution < -0.4 is 47.9 Å². The van der Waals surface area contributed by atoms with E-state index in [-0.39, 0.29) is 172 Å². The number of benzene rings is 2. The van der Waals surface area contributed by atoms with Crippen molar-refractivity contribution in [2.24, 2.45) is 5.92 Å². The first-order valence-electron chi connectivity index (χ1n) is 50.5. The van der Waals surface area contributed by atoms with Crippen molar-refractivity contribution < 1.29 is 159 Å². The summed E-state index contributed by atoms with van der Waals surface area (Å²) in [6, 6.07) is 17.6. The normalized spacial score (nSPS) is 13.9. The molecule has 3 aromatic heterocycles. The number of ketones is 1. The predicted molar refractivity (Wildman–Crippen MR) is 555 cm³/mol. The Bertz CT molecular complexity index is 4720. The van der Waals surface area contributed by atoms with E-state index >= 15 is 0 Å². The number of pyridine rings is 2. The van der Waals surface area contributed by atoms with Gasteiger partial charge in [0.1, 0.15) is 29.6 Å². The minimum absolute atomic E-state index is 0.00359. The summed E-state index contributed by atoms with van der Waals surface area (Å²) in [6.45, 7) is 12.9. The number of thiocarbonyl (C=S) groups is 1. The number of carboxylic acids is 6. The van der Waals surface area contributed by atoms with Crippen LogP contribution in [0.2, 0.25) is 0 Å². The summed E-state index contributed by atoms with van der Waals surface area (Å²) in [5, 5.41) is 89.8. The first-order valence-corrected chi connectivity index (χ1v) is 52.0. The summed E-state index contributed by atoms with van der Waals surface area (Å²) >= 11 is 7.93. The van der Waals surface area contributed by atoms with Gasteiger partial charge in [0.05, 0.1) is 228 Å². The Morgan fingerprint density at radius 3 is 1.41 bits per heavy atom. The maximum Gasteiger partial charge on any atom is 0.354 e. The fourth-order valence-electron chi connectivity index (χ4n) is 14.4. The van der Waals surface area contributed by atoms with Crippen molar-refractivity contribution >= 4 is 123 Å². The Morgan fingerprint density at radius 2 is 0.880 bits per heavy atom. The molecule has 0 bridgehead atoms. The van der Waals surface area contributed by atoms with Gasteiger partial charge in [-0.05, 0) is 160 Å². The number of unbranched alkanes of at least 4 members (excludes halogenated alkanes) is 3. The van der Waals surface area contributed by atoms with Gasteiger partial charge in [-0.3, -0.25) is 33.8 Å². The SMILES string of the molecule is O=C(O)CC[C@H](NC(=O)N[C@@H](CCCCNC(=O)Nc1cccc(-c2cnnn2CCOCCOCCOCCC(=O)C[C@@H](CCCCNC(=S)Nc2cc(CN3CCOCCOCCN(Cc4cccc(C(=O)O)n4)CCOCCOCC3)nc(C(=O)O)c2)C(=O)NCCOCCOCCOCCOCCOCCOCCOCCOCCC(=O)N[C@@H](CCCCNC(=O)CCCc2ccc(I)cc2)C(=O)O)c1)C(=O)O)C(=O)O. The van der Waals surface area contributed by atoms with Gasteiger partial charge in [0.25, 0.3) is 0 Å². The number of carbonyl (C=O) groups excluding carboxylic acids is 6. The largest absolute Gasteiger partial charge is 0.481 e. The van der Waals surface area contributed by atoms with E-state index in [0.29, 0.717) is 250 Å². The summed E-state index contributed by atoms with van der Waals surface area (Å²) in [5.41, 5.74) is 4.20. The molecule has 51 heteroatoms. The molecule has 5 aromatic rings. The molecule has 1 aliphatic heterocycles. The van der Waals surface area contributed by atoms with Crippen LogP contribution in [0.15, 0.2) is 85.1 Å². The van der Waals surface area contributed by atoms with Crippen LogP contribution in [0.3, 0.4) is 0 Å². The molecule has 0 unspecified atom stereocenters. The lowest BCUT2D eigenvalue weighted by molar-refractivity contribution is -0.142. The fourth-order valence-corrected chi connectivity index (χ4v) is 15.0. The highest BCUT2D eigenvalue weighted by molar-refractivity contribution is 14.1. The van der Waals surface area contributed by atoms with E-state index in [0.717, 1.165) is 16.4 Å². The average molecular weight is 2250 g/mol. The number of halogens is 1. The number of nitrogens with one attached hydrogen (secondary N) is 9. The number of nitrogens with zero attached hydrogens (tertiary/aromatic N) is 7. The number of anilines is 2. The summed E-state index contributed by atoms with van der Waals surface area (Å²) in [4.78, 5) is 160. The van der Waals surface area contributed by atoms with Crippen LogP contribution in [0.25, 0.3) is 11.3 Å². The summed E-state index contributed by atoms with van der Waals surface area (Å²) in [7, 11) is 0. The van der Waals surface area contributed by atoms with Crippen LogP contribution in [-0.4, -0.2) is 411 Å². The van der Waals surface area contributed by atoms with Gasteiger partial charge in [0, 0.05) is 124 Å². The van der Waals surface area contributed by atoms with Gasteiger partial charge >= 0.3 is 47.9 Å². The molecule has 15 N–H and O–H groups in total. The molecule has 0 aliphatic carbocycles. The second kappa shape index (κ2) is 80.9. The van der Waals surface area contributed by atoms with Crippen molar-refractivity contribution in [3.8, 4) is 11.3 Å². The number of amides is 7. The van der Waals surface area contributed by atoms with Gasteiger partial charge in [0.2, 0.25) is 17.7 Å². The van der Waals surface area contributed by atoms with Gasteiger partial charge in [-0.1, -0.05) is 42.0 Å². The average Bonchev–Trinajstić information content (AvgIpc) is 1.67. The minimum atomic E-state index is -1.54. The smallest absolute Gasteiger partial charge is 0.354 e. The van der Waals surface area contributed by atoms with Gasteiger partial charge < -0.3 is 150 Å². The standard InChI is InChI=1S/C99H149IN16O33S/c100-76-21-19-73(20-22-76)10-7-18-88(118)101-27-5-2-15-83(93(125)126)110-89(119)26-37-136-45-53-144-56-58-146-60-62-148-64-65-149-63-61-147-59-57-145-54-46-137-38-30-102-91(122)75(11-1-4-29-104-99(150)109-79-68-80(107-86(69-79)96(131)132)72-115-33-41-140-49-47-138-39-31-114(32-40-139-48-50-141-42-34-115)71-78-14-9-17-82(106-78)92(123)124)67-81(117)25-36-135-44-52-143-55-51-142-43-35-116-87(70-105-113-116)74-12-8-13-77(66-74)108-97(133)103-28-6-3-16-84(94(127)128)111-98(134)112-85(95(129)130)23-24-90(120)121/h8-9,12-14,17,19-22,66,68-70,75,83-85H,1-7,10-11,15-16,18,23-65,67,71-72H2,(H,101,118)(H,102,122)(H,110,119)(H,120,121)(H,123,124)(H,125,126)(H,127,128)(H,129,130)(H,131,132)(H2,103,108,133)(H2,111,112,134)(H2,104,107,109,150)/t75-,83+,84+,85+/m1/s1. The Labute approximate surface area is 891 Å². The maximum absolute atomic E-state index is 13.8. The quantitative estimate of drug-likeness (QED) is 0.0136. The number of aryl methyl sites for hydroxylation is 1. The number of carbonyl (C=O) groups is 12. The number of rotatable bonds is 79. The zero-order valence-electron chi connectivity index (χ0n) is 85.0. The zero-order chi connectivity index (χ0) is 108. The van der Waals surface area contributed by atoms with E-state index in [4.69, 9.17) is 88.4 Å². The number of ether oxygens (including phenoxy) is 15. The van der Waals surface area contributed by atoms with E-state index in [2.05, 4.69) is 108 Å². The van der Waals surface area contributed by atoms with Crippen LogP contribution in [0, 0.1) is 9.49 Å². The molecule has 0 saturated carbocycles. The molecule has 836 valence electrons. The highest BCUT2D eigenvalue weighted by Crippen LogP contribution is 2.24. The summed E-state index contributed by atoms with van der Waals surface area (Å²) in [5.74, 6) is -9.21. The first-order chi connectivity index (χ1) is 72.8. The second-order valence-corrected chi connectivity index (χ2v) is 35.8. The van der Waals surface area contributed by atoms with E-state index < -0.39 is 90.7 Å². The summed E-state index contributed by atoms with van der Waals surface area (Å²) < 4.78 is 88.4. The second-order valence-electron chi connectivity index (χ2n) is 34.1. The van der Waals surface area contributed by atoms with Crippen molar-refractivity contribution in [1.29, 1.82) is 0 Å². The molecule has 0 spiro atoms. The van der Waals surface area contributed by atoms with Crippen molar-refractivity contribution in [3.63, 3.8) is 0 Å². The number of Topliss-reactive ketones (excluding diaryl/α,β-unsaturated/α-hetero) is 1. The van der Waals surface area contributed by atoms with Crippen molar-refractivity contribution in [2.45, 2.75) is 147 Å². The van der Waals surface area contributed by atoms with Crippen LogP contribution >= 0.6 is 34.8 Å². The van der Waals surface area contributed by atoms with Crippen molar-refractivity contribution in [1.82, 2.24) is 72.0 Å². The van der Waals surface area contributed by atoms with Gasteiger partial charge in [-0.2, -0.15) is 0 Å². The molecule has 49 nitrogen and oxygen atoms in total. The molecule has 4 atom stereocenters. The number of urea groups is 2. The molecule has 1 saturated heterocycles. The molecule has 2 aromatic carbocycles. The molecule has 7 amide bonds. The minimum Gasteiger partial charge on any atom is -0.481 e. The van der Waals surface area contributed by atoms with Crippen molar-refractivity contribution in [2.75, 3.05) is 261 Å². The molecule has 0 radical (unpaired) electrons. The molecule has 6 rings (SSSR count). The lowest BCUT2D eigenvalue weighted by atomic mass is 9.94. The number of carboxylic acid groups (broad SMARTS) is 6. The Hall–Kier alpha value is -10.9. The molecule has 150 heavy (non-hydrogen) atoms. The first kappa shape index (κ1) is 128. The number of aromatic carboxylic acids is 2. The van der Waals surface area contributed by atoms with E-state index in [1.54, 1.807) is 47.3 Å². The fraction of sp³-hybridized carbons (Fsp3) is 0.626. The lowest BCUT2D eigenvalue weighted by Crippen LogP contribution is -2.51. The third-order valence-electron chi connectivity index (χ3n) is 22.3. The lowest BCUT2D eigenvalue weighted by Gasteiger charge is -2.23. The predicted octanol–water partition coefficient (Wildman–Crippen LogP) is 5.17. The maximum atomic E-state index is 13.8. The molecular formula is C99H149IN16O33S. The third kappa shape index (κ3) is 62.1. The highest BCUT2D eigenvalue weighted by atomic mass is 127. The highest BCUT2D eigenvalue weighted by Gasteiger charge is 2.28. The van der Waals surface area contributed by atoms with Crippen LogP contribution in [0.1, 0.15) is 141 Å². The van der Waals surface area contributed by atoms with E-state index in [9.17, 15) is 83.1 Å². The van der Waals surface area contributed by atoms with Gasteiger partial charge in [0.15, 0.2) is 10.8 Å². The van der Waals surface area contributed by atoms with Crippen molar-refractivity contribution in [3.05, 3.63) is 117 Å². The molecule has 4 heterocycles. The Kier molecular flexibility index (Phi) is 68.9. The third-order valence-corrected chi connectivity index (χ3v) is 23.3.